The van der Waals surface area contributed by atoms with E-state index in [2.05, 4.69) is 10.3 Å². The average molecular weight is 260 g/mol. The maximum Gasteiger partial charge on any atom is 0.371 e. The second kappa shape index (κ2) is 5.67. The molecule has 0 saturated carbocycles. The second-order valence-corrected chi connectivity index (χ2v) is 4.37. The lowest BCUT2D eigenvalue weighted by Gasteiger charge is -2.17. The molecule has 0 aliphatic rings. The van der Waals surface area contributed by atoms with Gasteiger partial charge < -0.3 is 9.52 Å². The van der Waals surface area contributed by atoms with Gasteiger partial charge in [-0.15, -0.1) is 0 Å². The summed E-state index contributed by atoms with van der Waals surface area (Å²) in [4.78, 5) is 15.0. The summed E-state index contributed by atoms with van der Waals surface area (Å²) in [6, 6.07) is 8.83. The normalized spacial score (nSPS) is 14.0. The molecule has 100 valence electrons. The minimum Gasteiger partial charge on any atom is -0.475 e. The zero-order valence-electron chi connectivity index (χ0n) is 10.8. The van der Waals surface area contributed by atoms with Crippen molar-refractivity contribution < 1.29 is 14.3 Å². The third-order valence-corrected chi connectivity index (χ3v) is 2.90. The van der Waals surface area contributed by atoms with Crippen molar-refractivity contribution in [3.05, 3.63) is 53.7 Å². The number of carbonyl (C=O) groups is 1. The number of aromatic carboxylic acids is 1. The van der Waals surface area contributed by atoms with E-state index in [-0.39, 0.29) is 17.8 Å². The smallest absolute Gasteiger partial charge is 0.371 e. The van der Waals surface area contributed by atoms with Crippen LogP contribution in [0.5, 0.6) is 0 Å². The van der Waals surface area contributed by atoms with Gasteiger partial charge >= 0.3 is 5.97 Å². The summed E-state index contributed by atoms with van der Waals surface area (Å²) >= 11 is 0. The second-order valence-electron chi connectivity index (χ2n) is 4.37. The predicted octanol–water partition coefficient (Wildman–Crippen LogP) is 2.78. The van der Waals surface area contributed by atoms with Gasteiger partial charge in [0.15, 0.2) is 0 Å². The zero-order valence-corrected chi connectivity index (χ0v) is 10.8. The zero-order chi connectivity index (χ0) is 13.8. The van der Waals surface area contributed by atoms with E-state index in [4.69, 9.17) is 9.52 Å². The van der Waals surface area contributed by atoms with E-state index >= 15 is 0 Å². The molecule has 0 aliphatic carbocycles. The molecule has 5 nitrogen and oxygen atoms in total. The molecule has 2 aromatic heterocycles. The number of hydrogen-bond donors (Lipinski definition) is 2. The predicted molar refractivity (Wildman–Crippen MR) is 69.9 cm³/mol. The van der Waals surface area contributed by atoms with E-state index in [9.17, 15) is 4.79 Å². The van der Waals surface area contributed by atoms with Crippen molar-refractivity contribution in [3.8, 4) is 0 Å². The van der Waals surface area contributed by atoms with Crippen molar-refractivity contribution in [2.45, 2.75) is 25.9 Å². The fourth-order valence-corrected chi connectivity index (χ4v) is 1.88. The maximum atomic E-state index is 10.8. The molecule has 0 spiro atoms. The van der Waals surface area contributed by atoms with Gasteiger partial charge in [-0.25, -0.2) is 4.79 Å². The van der Waals surface area contributed by atoms with Gasteiger partial charge in [0.2, 0.25) is 5.76 Å². The van der Waals surface area contributed by atoms with Gasteiger partial charge in [0, 0.05) is 12.2 Å². The van der Waals surface area contributed by atoms with E-state index in [1.807, 2.05) is 32.0 Å². The first-order valence-electron chi connectivity index (χ1n) is 6.08. The Hall–Kier alpha value is -2.14. The molecule has 2 aromatic rings. The quantitative estimate of drug-likeness (QED) is 0.864. The number of nitrogens with zero attached hydrogens (tertiary/aromatic N) is 1. The summed E-state index contributed by atoms with van der Waals surface area (Å²) in [5.74, 6) is -0.509. The maximum absolute atomic E-state index is 10.8. The van der Waals surface area contributed by atoms with Crippen molar-refractivity contribution in [1.82, 2.24) is 10.3 Å². The van der Waals surface area contributed by atoms with Crippen LogP contribution in [0.4, 0.5) is 0 Å². The lowest BCUT2D eigenvalue weighted by Crippen LogP contribution is -2.22. The largest absolute Gasteiger partial charge is 0.475 e. The van der Waals surface area contributed by atoms with Crippen molar-refractivity contribution in [2.24, 2.45) is 0 Å². The van der Waals surface area contributed by atoms with Crippen LogP contribution in [-0.2, 0) is 0 Å². The first-order valence-corrected chi connectivity index (χ1v) is 6.08. The minimum atomic E-state index is -1.06. The molecule has 0 amide bonds. The van der Waals surface area contributed by atoms with Crippen molar-refractivity contribution in [3.63, 3.8) is 0 Å². The molecule has 2 N–H and O–H groups in total. The number of carboxylic acid groups (broad SMARTS) is 1. The van der Waals surface area contributed by atoms with Gasteiger partial charge in [-0.3, -0.25) is 10.3 Å². The molecule has 2 rings (SSSR count). The molecule has 2 heterocycles. The third kappa shape index (κ3) is 3.20. The van der Waals surface area contributed by atoms with Crippen molar-refractivity contribution in [2.75, 3.05) is 0 Å². The van der Waals surface area contributed by atoms with Crippen LogP contribution in [0.25, 0.3) is 0 Å². The Balaban J connectivity index is 2.04. The Morgan fingerprint density at radius 1 is 1.26 bits per heavy atom. The van der Waals surface area contributed by atoms with Crippen LogP contribution in [0, 0.1) is 0 Å². The molecule has 0 fully saturated rings. The first-order chi connectivity index (χ1) is 9.08. The van der Waals surface area contributed by atoms with E-state index in [1.54, 1.807) is 12.3 Å². The molecule has 0 radical (unpaired) electrons. The van der Waals surface area contributed by atoms with E-state index in [0.717, 1.165) is 5.69 Å². The first kappa shape index (κ1) is 13.3. The Bertz CT molecular complexity index is 551. The Morgan fingerprint density at radius 2 is 2.05 bits per heavy atom. The third-order valence-electron chi connectivity index (χ3n) is 2.90. The van der Waals surface area contributed by atoms with Gasteiger partial charge in [-0.1, -0.05) is 6.07 Å². The number of hydrogen-bond acceptors (Lipinski definition) is 4. The van der Waals surface area contributed by atoms with E-state index < -0.39 is 5.97 Å². The van der Waals surface area contributed by atoms with Crippen LogP contribution >= 0.6 is 0 Å². The lowest BCUT2D eigenvalue weighted by molar-refractivity contribution is 0.0659. The molecule has 0 aliphatic heterocycles. The number of nitrogens with one attached hydrogen (secondary N) is 1. The van der Waals surface area contributed by atoms with E-state index in [1.165, 1.54) is 6.07 Å². The van der Waals surface area contributed by atoms with Crippen LogP contribution in [0.1, 0.15) is 47.9 Å². The molecule has 0 bridgehead atoms. The molecular formula is C14H16N2O3. The lowest BCUT2D eigenvalue weighted by atomic mass is 10.1. The van der Waals surface area contributed by atoms with Crippen molar-refractivity contribution in [1.29, 1.82) is 0 Å². The highest BCUT2D eigenvalue weighted by atomic mass is 16.4. The standard InChI is InChI=1S/C14H16N2O3/c1-9(11-5-3-4-8-15-11)16-10(2)12-6-7-13(19-12)14(17)18/h3-10,16H,1-2H3,(H,17,18)/t9-,10?/m1/s1. The Kier molecular flexibility index (Phi) is 3.97. The van der Waals surface area contributed by atoms with Crippen LogP contribution in [0.15, 0.2) is 40.9 Å². The molecule has 0 aromatic carbocycles. The van der Waals surface area contributed by atoms with Crippen LogP contribution < -0.4 is 5.32 Å². The van der Waals surface area contributed by atoms with Crippen molar-refractivity contribution >= 4 is 5.97 Å². The van der Waals surface area contributed by atoms with Gasteiger partial charge in [0.05, 0.1) is 11.7 Å². The van der Waals surface area contributed by atoms with Crippen LogP contribution in [0.3, 0.4) is 0 Å². The molecule has 5 heteroatoms. The molecule has 0 saturated heterocycles. The fraction of sp³-hybridized carbons (Fsp3) is 0.286. The van der Waals surface area contributed by atoms with E-state index in [0.29, 0.717) is 5.76 Å². The van der Waals surface area contributed by atoms with Gasteiger partial charge in [-0.05, 0) is 38.1 Å². The highest BCUT2D eigenvalue weighted by molar-refractivity contribution is 5.84. The molecule has 2 atom stereocenters. The summed E-state index contributed by atoms with van der Waals surface area (Å²) in [6.07, 6.45) is 1.74. The number of pyridine rings is 1. The number of rotatable bonds is 5. The molecule has 1 unspecified atom stereocenters. The summed E-state index contributed by atoms with van der Waals surface area (Å²) in [6.45, 7) is 3.92. The highest BCUT2D eigenvalue weighted by Crippen LogP contribution is 2.20. The van der Waals surface area contributed by atoms with Gasteiger partial charge in [0.1, 0.15) is 5.76 Å². The van der Waals surface area contributed by atoms with Crippen LogP contribution in [0.2, 0.25) is 0 Å². The summed E-state index contributed by atoms with van der Waals surface area (Å²) in [7, 11) is 0. The van der Waals surface area contributed by atoms with Gasteiger partial charge in [0.25, 0.3) is 0 Å². The number of aromatic nitrogens is 1. The minimum absolute atomic E-state index is 0.0471. The van der Waals surface area contributed by atoms with Gasteiger partial charge in [-0.2, -0.15) is 0 Å². The summed E-state index contributed by atoms with van der Waals surface area (Å²) in [5.41, 5.74) is 0.930. The SMILES string of the molecule is CC(N[C@H](C)c1ccccn1)c1ccc(C(=O)O)o1. The highest BCUT2D eigenvalue weighted by Gasteiger charge is 2.16. The molecular weight excluding hydrogens is 244 g/mol. The molecule has 19 heavy (non-hydrogen) atoms. The number of carboxylic acids is 1. The fourth-order valence-electron chi connectivity index (χ4n) is 1.88. The topological polar surface area (TPSA) is 75.4 Å². The Labute approximate surface area is 111 Å². The average Bonchev–Trinajstić information content (AvgIpc) is 2.89. The summed E-state index contributed by atoms with van der Waals surface area (Å²) < 4.78 is 5.26. The summed E-state index contributed by atoms with van der Waals surface area (Å²) in [5, 5.41) is 12.1. The number of furan rings is 1. The van der Waals surface area contributed by atoms with Crippen LogP contribution in [-0.4, -0.2) is 16.1 Å². The Morgan fingerprint density at radius 3 is 2.63 bits per heavy atom. The monoisotopic (exact) mass is 260 g/mol.